The molecule has 0 bridgehead atoms. The van der Waals surface area contributed by atoms with E-state index < -0.39 is 5.97 Å². The smallest absolute Gasteiger partial charge is 0.326 e. The highest BCUT2D eigenvalue weighted by atomic mass is 32.1. The van der Waals surface area contributed by atoms with Crippen molar-refractivity contribution in [3.63, 3.8) is 0 Å². The van der Waals surface area contributed by atoms with Gasteiger partial charge in [0.05, 0.1) is 25.1 Å². The maximum atomic E-state index is 12.6. The van der Waals surface area contributed by atoms with Crippen molar-refractivity contribution in [1.82, 2.24) is 9.55 Å². The second kappa shape index (κ2) is 7.06. The van der Waals surface area contributed by atoms with E-state index in [2.05, 4.69) is 4.98 Å². The summed E-state index contributed by atoms with van der Waals surface area (Å²) in [7, 11) is 1.61. The number of hydrogen-bond acceptors (Lipinski definition) is 6. The average molecular weight is 358 g/mol. The van der Waals surface area contributed by atoms with Crippen molar-refractivity contribution in [2.24, 2.45) is 0 Å². The molecule has 130 valence electrons. The van der Waals surface area contributed by atoms with Crippen LogP contribution in [0.2, 0.25) is 0 Å². The number of benzene rings is 1. The molecule has 0 spiro atoms. The van der Waals surface area contributed by atoms with Crippen LogP contribution in [0.25, 0.3) is 21.3 Å². The first-order chi connectivity index (χ1) is 12.0. The summed E-state index contributed by atoms with van der Waals surface area (Å²) in [4.78, 5) is 28.8. The Kier molecular flexibility index (Phi) is 4.85. The molecule has 6 nitrogen and oxygen atoms in total. The van der Waals surface area contributed by atoms with E-state index in [0.29, 0.717) is 10.2 Å². The summed E-state index contributed by atoms with van der Waals surface area (Å²) in [6.07, 6.45) is 1.18. The van der Waals surface area contributed by atoms with Gasteiger partial charge in [-0.1, -0.05) is 12.1 Å². The van der Waals surface area contributed by atoms with E-state index in [9.17, 15) is 9.59 Å². The summed E-state index contributed by atoms with van der Waals surface area (Å²) >= 11 is 1.32. The molecule has 0 unspecified atom stereocenters. The predicted molar refractivity (Wildman–Crippen MR) is 97.1 cm³/mol. The van der Waals surface area contributed by atoms with Crippen molar-refractivity contribution in [3.8, 4) is 16.9 Å². The maximum Gasteiger partial charge on any atom is 0.326 e. The minimum Gasteiger partial charge on any atom is -0.497 e. The molecule has 2 aromatic heterocycles. The number of rotatable bonds is 5. The van der Waals surface area contributed by atoms with E-state index in [1.54, 1.807) is 21.0 Å². The van der Waals surface area contributed by atoms with E-state index in [1.807, 2.05) is 29.6 Å². The highest BCUT2D eigenvalue weighted by Crippen LogP contribution is 2.31. The standard InChI is InChI=1S/C18H18N2O4S/c1-11(2)24-15(21)8-20-10-19-16-14(9-25-17(16)18(20)22)12-4-6-13(23-3)7-5-12/h4-7,9-11H,8H2,1-3H3. The average Bonchev–Trinajstić information content (AvgIpc) is 3.01. The van der Waals surface area contributed by atoms with E-state index in [0.717, 1.165) is 16.9 Å². The molecule has 25 heavy (non-hydrogen) atoms. The SMILES string of the molecule is COc1ccc(-c2csc3c(=O)n(CC(=O)OC(C)C)cnc23)cc1. The Balaban J connectivity index is 1.96. The fourth-order valence-corrected chi connectivity index (χ4v) is 3.44. The lowest BCUT2D eigenvalue weighted by Gasteiger charge is -2.09. The zero-order valence-electron chi connectivity index (χ0n) is 14.2. The minimum absolute atomic E-state index is 0.143. The van der Waals surface area contributed by atoms with Crippen LogP contribution in [0.5, 0.6) is 5.75 Å². The number of methoxy groups -OCH3 is 1. The van der Waals surface area contributed by atoms with Crippen LogP contribution in [-0.2, 0) is 16.1 Å². The Morgan fingerprint density at radius 1 is 1.28 bits per heavy atom. The summed E-state index contributed by atoms with van der Waals surface area (Å²) < 4.78 is 12.0. The first-order valence-corrected chi connectivity index (χ1v) is 8.68. The van der Waals surface area contributed by atoms with Crippen LogP contribution in [0.1, 0.15) is 13.8 Å². The molecule has 0 N–H and O–H groups in total. The lowest BCUT2D eigenvalue weighted by Crippen LogP contribution is -2.26. The topological polar surface area (TPSA) is 70.4 Å². The fraction of sp³-hybridized carbons (Fsp3) is 0.278. The Morgan fingerprint density at radius 2 is 2.00 bits per heavy atom. The summed E-state index contributed by atoms with van der Waals surface area (Å²) in [6.45, 7) is 3.39. The molecule has 7 heteroatoms. The van der Waals surface area contributed by atoms with Gasteiger partial charge >= 0.3 is 5.97 Å². The van der Waals surface area contributed by atoms with Crippen molar-refractivity contribution < 1.29 is 14.3 Å². The number of ether oxygens (including phenoxy) is 2. The van der Waals surface area contributed by atoms with Crippen molar-refractivity contribution in [1.29, 1.82) is 0 Å². The summed E-state index contributed by atoms with van der Waals surface area (Å²) in [6, 6.07) is 7.57. The molecule has 0 amide bonds. The first kappa shape index (κ1) is 17.2. The number of hydrogen-bond donors (Lipinski definition) is 0. The van der Waals surface area contributed by atoms with Crippen LogP contribution >= 0.6 is 11.3 Å². The van der Waals surface area contributed by atoms with Crippen LogP contribution in [-0.4, -0.2) is 28.7 Å². The van der Waals surface area contributed by atoms with E-state index >= 15 is 0 Å². The molecular formula is C18H18N2O4S. The third kappa shape index (κ3) is 3.56. The second-order valence-corrected chi connectivity index (χ2v) is 6.65. The van der Waals surface area contributed by atoms with Gasteiger partial charge in [0, 0.05) is 10.9 Å². The number of aromatic nitrogens is 2. The Hall–Kier alpha value is -2.67. The number of nitrogens with zero attached hydrogens (tertiary/aromatic N) is 2. The third-order valence-electron chi connectivity index (χ3n) is 3.61. The number of fused-ring (bicyclic) bond motifs is 1. The fourth-order valence-electron chi connectivity index (χ4n) is 2.47. The molecule has 0 radical (unpaired) electrons. The largest absolute Gasteiger partial charge is 0.497 e. The van der Waals surface area contributed by atoms with Gasteiger partial charge in [-0.25, -0.2) is 4.98 Å². The molecule has 0 fully saturated rings. The van der Waals surface area contributed by atoms with Crippen LogP contribution < -0.4 is 10.3 Å². The van der Waals surface area contributed by atoms with Gasteiger partial charge < -0.3 is 9.47 Å². The molecule has 2 heterocycles. The Bertz CT molecular complexity index is 957. The highest BCUT2D eigenvalue weighted by molar-refractivity contribution is 7.17. The lowest BCUT2D eigenvalue weighted by atomic mass is 10.1. The Morgan fingerprint density at radius 3 is 2.64 bits per heavy atom. The van der Waals surface area contributed by atoms with Crippen molar-refractivity contribution in [3.05, 3.63) is 46.3 Å². The number of esters is 1. The van der Waals surface area contributed by atoms with Crippen molar-refractivity contribution in [2.75, 3.05) is 7.11 Å². The van der Waals surface area contributed by atoms with Crippen LogP contribution in [0.15, 0.2) is 40.8 Å². The zero-order valence-corrected chi connectivity index (χ0v) is 15.0. The van der Waals surface area contributed by atoms with Crippen LogP contribution in [0.4, 0.5) is 0 Å². The summed E-state index contributed by atoms with van der Waals surface area (Å²) in [5, 5.41) is 1.90. The molecular weight excluding hydrogens is 340 g/mol. The number of carbonyl (C=O) groups excluding carboxylic acids is 1. The molecule has 0 atom stereocenters. The summed E-state index contributed by atoms with van der Waals surface area (Å²) in [5.74, 6) is 0.312. The predicted octanol–water partition coefficient (Wildman–Crippen LogP) is 3.09. The molecule has 0 aliphatic carbocycles. The van der Waals surface area contributed by atoms with E-state index in [-0.39, 0.29) is 18.2 Å². The van der Waals surface area contributed by atoms with E-state index in [1.165, 1.54) is 22.2 Å². The quantitative estimate of drug-likeness (QED) is 0.656. The van der Waals surface area contributed by atoms with Gasteiger partial charge in [0.2, 0.25) is 0 Å². The first-order valence-electron chi connectivity index (χ1n) is 7.80. The normalized spacial score (nSPS) is 11.0. The van der Waals surface area contributed by atoms with E-state index in [4.69, 9.17) is 9.47 Å². The highest BCUT2D eigenvalue weighted by Gasteiger charge is 2.15. The molecule has 0 saturated carbocycles. The lowest BCUT2D eigenvalue weighted by molar-refractivity contribution is -0.148. The summed E-state index contributed by atoms with van der Waals surface area (Å²) in [5.41, 5.74) is 2.23. The molecule has 0 saturated heterocycles. The minimum atomic E-state index is -0.454. The molecule has 1 aromatic carbocycles. The van der Waals surface area contributed by atoms with Gasteiger partial charge in [-0.05, 0) is 31.5 Å². The van der Waals surface area contributed by atoms with Gasteiger partial charge in [0.15, 0.2) is 0 Å². The number of thiophene rings is 1. The molecule has 0 aliphatic rings. The maximum absolute atomic E-state index is 12.6. The van der Waals surface area contributed by atoms with Gasteiger partial charge in [-0.2, -0.15) is 0 Å². The Labute approximate surface area is 148 Å². The van der Waals surface area contributed by atoms with Crippen LogP contribution in [0, 0.1) is 0 Å². The van der Waals surface area contributed by atoms with Gasteiger partial charge in [0.1, 0.15) is 17.0 Å². The van der Waals surface area contributed by atoms with Crippen molar-refractivity contribution in [2.45, 2.75) is 26.5 Å². The number of carbonyl (C=O) groups is 1. The van der Waals surface area contributed by atoms with Gasteiger partial charge in [0.25, 0.3) is 5.56 Å². The zero-order chi connectivity index (χ0) is 18.0. The second-order valence-electron chi connectivity index (χ2n) is 5.77. The molecule has 0 aliphatic heterocycles. The molecule has 3 rings (SSSR count). The van der Waals surface area contributed by atoms with Gasteiger partial charge in [-0.3, -0.25) is 14.2 Å². The van der Waals surface area contributed by atoms with Crippen molar-refractivity contribution >= 4 is 27.5 Å². The monoisotopic (exact) mass is 358 g/mol. The molecule has 3 aromatic rings. The third-order valence-corrected chi connectivity index (χ3v) is 4.57. The van der Waals surface area contributed by atoms with Crippen LogP contribution in [0.3, 0.4) is 0 Å². The van der Waals surface area contributed by atoms with Gasteiger partial charge in [-0.15, -0.1) is 11.3 Å².